The number of hydrogen-bond acceptors (Lipinski definition) is 5. The zero-order chi connectivity index (χ0) is 15.6. The van der Waals surface area contributed by atoms with Gasteiger partial charge in [0, 0.05) is 16.0 Å². The molecule has 0 aliphatic rings. The van der Waals surface area contributed by atoms with Gasteiger partial charge in [0.25, 0.3) is 5.06 Å². The molecule has 1 N–H and O–H groups in total. The number of thiophene rings is 1. The molecule has 0 amide bonds. The summed E-state index contributed by atoms with van der Waals surface area (Å²) in [5, 5.41) is 21.4. The predicted octanol–water partition coefficient (Wildman–Crippen LogP) is 4.72. The van der Waals surface area contributed by atoms with Gasteiger partial charge in [-0.05, 0) is 37.1 Å². The van der Waals surface area contributed by atoms with Gasteiger partial charge in [-0.1, -0.05) is 29.9 Å². The van der Waals surface area contributed by atoms with Crippen molar-refractivity contribution in [2.75, 3.05) is 0 Å². The Morgan fingerprint density at radius 3 is 2.76 bits per heavy atom. The molecule has 0 unspecified atom stereocenters. The molecule has 1 aromatic carbocycles. The number of halogens is 1. The molecule has 7 heteroatoms. The van der Waals surface area contributed by atoms with Gasteiger partial charge in [0.2, 0.25) is 0 Å². The second kappa shape index (κ2) is 6.43. The van der Waals surface area contributed by atoms with E-state index >= 15 is 0 Å². The Bertz CT molecular complexity index is 669. The summed E-state index contributed by atoms with van der Waals surface area (Å²) in [6.07, 6.45) is -0.0379. The van der Waals surface area contributed by atoms with Crippen LogP contribution in [0, 0.1) is 10.1 Å². The summed E-state index contributed by atoms with van der Waals surface area (Å²) in [4.78, 5) is 11.0. The highest BCUT2D eigenvalue weighted by molar-refractivity contribution is 7.14. The topological polar surface area (TPSA) is 72.6 Å². The average Bonchev–Trinajstić information content (AvgIpc) is 2.85. The molecule has 0 fully saturated rings. The molecule has 0 aliphatic heterocycles. The van der Waals surface area contributed by atoms with Crippen molar-refractivity contribution in [1.29, 1.82) is 0 Å². The van der Waals surface area contributed by atoms with Gasteiger partial charge in [-0.2, -0.15) is 0 Å². The SMILES string of the molecule is CCc1cc(Oc2sc([C@@H](C)O)cc2[N+](=O)[O-])ccc1Cl. The van der Waals surface area contributed by atoms with Crippen molar-refractivity contribution in [3.63, 3.8) is 0 Å². The lowest BCUT2D eigenvalue weighted by Crippen LogP contribution is -1.90. The molecule has 21 heavy (non-hydrogen) atoms. The van der Waals surface area contributed by atoms with Crippen molar-refractivity contribution in [2.45, 2.75) is 26.4 Å². The quantitative estimate of drug-likeness (QED) is 0.637. The number of rotatable bonds is 5. The summed E-state index contributed by atoms with van der Waals surface area (Å²) in [5.41, 5.74) is 0.757. The highest BCUT2D eigenvalue weighted by atomic mass is 35.5. The number of aryl methyl sites for hydroxylation is 1. The van der Waals surface area contributed by atoms with Crippen molar-refractivity contribution in [2.24, 2.45) is 0 Å². The molecule has 1 heterocycles. The van der Waals surface area contributed by atoms with E-state index in [2.05, 4.69) is 0 Å². The molecule has 2 rings (SSSR count). The molecular weight excluding hydrogens is 314 g/mol. The molecule has 2 aromatic rings. The summed E-state index contributed by atoms with van der Waals surface area (Å²) in [6.45, 7) is 3.51. The van der Waals surface area contributed by atoms with E-state index < -0.39 is 11.0 Å². The lowest BCUT2D eigenvalue weighted by atomic mass is 10.1. The van der Waals surface area contributed by atoms with Gasteiger partial charge in [0.15, 0.2) is 0 Å². The van der Waals surface area contributed by atoms with Crippen molar-refractivity contribution >= 4 is 28.6 Å². The maximum absolute atomic E-state index is 11.1. The molecule has 0 saturated heterocycles. The van der Waals surface area contributed by atoms with Crippen LogP contribution < -0.4 is 4.74 Å². The van der Waals surface area contributed by atoms with Gasteiger partial charge in [-0.15, -0.1) is 0 Å². The molecule has 0 bridgehead atoms. The standard InChI is InChI=1S/C14H14ClNO4S/c1-3-9-6-10(4-5-11(9)15)20-14-12(16(18)19)7-13(21-14)8(2)17/h4-8,17H,3H2,1-2H3/t8-/m1/s1. The number of aliphatic hydroxyl groups excluding tert-OH is 1. The van der Waals surface area contributed by atoms with Crippen LogP contribution in [0.1, 0.15) is 30.4 Å². The zero-order valence-corrected chi connectivity index (χ0v) is 13.1. The van der Waals surface area contributed by atoms with Crippen LogP contribution in [-0.2, 0) is 6.42 Å². The molecule has 0 aliphatic carbocycles. The van der Waals surface area contributed by atoms with E-state index in [0.717, 1.165) is 23.3 Å². The number of hydrogen-bond donors (Lipinski definition) is 1. The van der Waals surface area contributed by atoms with Crippen LogP contribution in [0.4, 0.5) is 5.69 Å². The van der Waals surface area contributed by atoms with Crippen molar-refractivity contribution in [3.8, 4) is 10.8 Å². The highest BCUT2D eigenvalue weighted by Gasteiger charge is 2.23. The third-order valence-corrected chi connectivity index (χ3v) is 4.46. The van der Waals surface area contributed by atoms with E-state index in [1.165, 1.54) is 6.07 Å². The molecule has 1 atom stereocenters. The van der Waals surface area contributed by atoms with Crippen molar-refractivity contribution < 1.29 is 14.8 Å². The summed E-state index contributed by atoms with van der Waals surface area (Å²) in [5.74, 6) is 0.485. The van der Waals surface area contributed by atoms with Gasteiger partial charge in [-0.3, -0.25) is 10.1 Å². The van der Waals surface area contributed by atoms with Crippen LogP contribution in [0.2, 0.25) is 5.02 Å². The number of aliphatic hydroxyl groups is 1. The van der Waals surface area contributed by atoms with Crippen LogP contribution in [-0.4, -0.2) is 10.0 Å². The first-order valence-electron chi connectivity index (χ1n) is 6.34. The van der Waals surface area contributed by atoms with Gasteiger partial charge in [-0.25, -0.2) is 0 Å². The molecule has 0 radical (unpaired) electrons. The zero-order valence-electron chi connectivity index (χ0n) is 11.5. The fraction of sp³-hybridized carbons (Fsp3) is 0.286. The van der Waals surface area contributed by atoms with E-state index in [1.807, 2.05) is 6.92 Å². The lowest BCUT2D eigenvalue weighted by molar-refractivity contribution is -0.385. The fourth-order valence-electron chi connectivity index (χ4n) is 1.78. The minimum absolute atomic E-state index is 0.149. The Balaban J connectivity index is 2.36. The van der Waals surface area contributed by atoms with Crippen LogP contribution in [0.5, 0.6) is 10.8 Å². The summed E-state index contributed by atoms with van der Waals surface area (Å²) in [7, 11) is 0. The maximum atomic E-state index is 11.1. The Morgan fingerprint density at radius 1 is 1.48 bits per heavy atom. The third kappa shape index (κ3) is 3.53. The Kier molecular flexibility index (Phi) is 4.82. The van der Waals surface area contributed by atoms with Crippen LogP contribution >= 0.6 is 22.9 Å². The minimum atomic E-state index is -0.775. The number of nitrogens with zero attached hydrogens (tertiary/aromatic N) is 1. The second-order valence-electron chi connectivity index (χ2n) is 4.46. The van der Waals surface area contributed by atoms with Gasteiger partial charge in [0.1, 0.15) is 5.75 Å². The monoisotopic (exact) mass is 327 g/mol. The fourth-order valence-corrected chi connectivity index (χ4v) is 2.96. The number of benzene rings is 1. The van der Waals surface area contributed by atoms with Crippen LogP contribution in [0.3, 0.4) is 0 Å². The smallest absolute Gasteiger partial charge is 0.323 e. The Labute approximate surface area is 130 Å². The molecule has 1 aromatic heterocycles. The van der Waals surface area contributed by atoms with E-state index in [0.29, 0.717) is 15.6 Å². The Morgan fingerprint density at radius 2 is 2.19 bits per heavy atom. The Hall–Kier alpha value is -1.63. The molecular formula is C14H14ClNO4S. The van der Waals surface area contributed by atoms with Crippen molar-refractivity contribution in [3.05, 3.63) is 49.8 Å². The van der Waals surface area contributed by atoms with Gasteiger partial charge < -0.3 is 9.84 Å². The first kappa shape index (κ1) is 15.8. The minimum Gasteiger partial charge on any atom is -0.440 e. The van der Waals surface area contributed by atoms with E-state index in [-0.39, 0.29) is 10.8 Å². The molecule has 0 saturated carbocycles. The first-order chi connectivity index (χ1) is 9.92. The van der Waals surface area contributed by atoms with Crippen LogP contribution in [0.15, 0.2) is 24.3 Å². The van der Waals surface area contributed by atoms with Gasteiger partial charge >= 0.3 is 5.69 Å². The van der Waals surface area contributed by atoms with E-state index in [9.17, 15) is 15.2 Å². The lowest BCUT2D eigenvalue weighted by Gasteiger charge is -2.06. The first-order valence-corrected chi connectivity index (χ1v) is 7.54. The second-order valence-corrected chi connectivity index (χ2v) is 5.92. The van der Waals surface area contributed by atoms with Gasteiger partial charge in [0.05, 0.1) is 11.0 Å². The highest BCUT2D eigenvalue weighted by Crippen LogP contribution is 2.42. The molecule has 0 spiro atoms. The predicted molar refractivity (Wildman–Crippen MR) is 82.5 cm³/mol. The van der Waals surface area contributed by atoms with E-state index in [4.69, 9.17) is 16.3 Å². The maximum Gasteiger partial charge on any atom is 0.323 e. The molecule has 112 valence electrons. The third-order valence-electron chi connectivity index (χ3n) is 2.92. The summed E-state index contributed by atoms with van der Waals surface area (Å²) >= 11 is 7.09. The summed E-state index contributed by atoms with van der Waals surface area (Å²) in [6, 6.07) is 6.45. The summed E-state index contributed by atoms with van der Waals surface area (Å²) < 4.78 is 5.61. The van der Waals surface area contributed by atoms with E-state index in [1.54, 1.807) is 25.1 Å². The van der Waals surface area contributed by atoms with Crippen molar-refractivity contribution in [1.82, 2.24) is 0 Å². The number of nitro groups is 1. The van der Waals surface area contributed by atoms with Crippen LogP contribution in [0.25, 0.3) is 0 Å². The number of ether oxygens (including phenoxy) is 1. The molecule has 5 nitrogen and oxygen atoms in total. The normalized spacial score (nSPS) is 12.2. The average molecular weight is 328 g/mol. The largest absolute Gasteiger partial charge is 0.440 e.